The molecule has 1 aliphatic heterocycles. The number of guanidine groups is 1. The SMILES string of the molecule is CCNC(=NCc1ccc(N2CCOCC2)cc1)N(C)CC(=O)N(CC)CC. The van der Waals surface area contributed by atoms with E-state index < -0.39 is 0 Å². The van der Waals surface area contributed by atoms with E-state index in [1.165, 1.54) is 5.69 Å². The molecule has 1 heterocycles. The molecule has 0 aliphatic carbocycles. The Hall–Kier alpha value is -2.28. The maximum atomic E-state index is 12.4. The zero-order chi connectivity index (χ0) is 20.4. The summed E-state index contributed by atoms with van der Waals surface area (Å²) in [5.74, 6) is 0.869. The fourth-order valence-corrected chi connectivity index (χ4v) is 3.22. The van der Waals surface area contributed by atoms with Gasteiger partial charge < -0.3 is 24.8 Å². The molecule has 0 radical (unpaired) electrons. The third-order valence-electron chi connectivity index (χ3n) is 4.91. The molecule has 7 nitrogen and oxygen atoms in total. The Bertz CT molecular complexity index is 622. The van der Waals surface area contributed by atoms with Crippen molar-refractivity contribution < 1.29 is 9.53 Å². The average Bonchev–Trinajstić information content (AvgIpc) is 2.73. The first-order chi connectivity index (χ1) is 13.6. The van der Waals surface area contributed by atoms with Crippen LogP contribution in [0.3, 0.4) is 0 Å². The maximum absolute atomic E-state index is 12.4. The van der Waals surface area contributed by atoms with Crippen LogP contribution in [0.15, 0.2) is 29.3 Å². The van der Waals surface area contributed by atoms with Crippen LogP contribution in [0.2, 0.25) is 0 Å². The van der Waals surface area contributed by atoms with Crippen molar-refractivity contribution >= 4 is 17.6 Å². The van der Waals surface area contributed by atoms with E-state index in [0.717, 1.165) is 57.5 Å². The molecule has 1 N–H and O–H groups in total. The van der Waals surface area contributed by atoms with Crippen LogP contribution in [0.5, 0.6) is 0 Å². The molecular weight excluding hydrogens is 354 g/mol. The van der Waals surface area contributed by atoms with Gasteiger partial charge in [-0.25, -0.2) is 4.99 Å². The summed E-state index contributed by atoms with van der Waals surface area (Å²) < 4.78 is 5.41. The van der Waals surface area contributed by atoms with E-state index in [9.17, 15) is 4.79 Å². The number of nitrogens with zero attached hydrogens (tertiary/aromatic N) is 4. The fourth-order valence-electron chi connectivity index (χ4n) is 3.22. The highest BCUT2D eigenvalue weighted by Gasteiger charge is 2.15. The van der Waals surface area contributed by atoms with Crippen molar-refractivity contribution in [3.8, 4) is 0 Å². The summed E-state index contributed by atoms with van der Waals surface area (Å²) in [6, 6.07) is 8.55. The second kappa shape index (κ2) is 11.5. The second-order valence-corrected chi connectivity index (χ2v) is 6.86. The van der Waals surface area contributed by atoms with Gasteiger partial charge in [-0.05, 0) is 38.5 Å². The molecule has 0 spiro atoms. The number of likely N-dealkylation sites (N-methyl/N-ethyl adjacent to an activating group) is 2. The lowest BCUT2D eigenvalue weighted by molar-refractivity contribution is -0.131. The second-order valence-electron chi connectivity index (χ2n) is 6.86. The zero-order valence-corrected chi connectivity index (χ0v) is 17.8. The monoisotopic (exact) mass is 389 g/mol. The molecule has 7 heteroatoms. The number of hydrogen-bond acceptors (Lipinski definition) is 4. The summed E-state index contributed by atoms with van der Waals surface area (Å²) in [5.41, 5.74) is 2.38. The van der Waals surface area contributed by atoms with Crippen molar-refractivity contribution in [2.75, 3.05) is 64.4 Å². The van der Waals surface area contributed by atoms with Crippen molar-refractivity contribution in [2.24, 2.45) is 4.99 Å². The number of hydrogen-bond donors (Lipinski definition) is 1. The molecular formula is C21H35N5O2. The largest absolute Gasteiger partial charge is 0.378 e. The first-order valence-electron chi connectivity index (χ1n) is 10.3. The minimum atomic E-state index is 0.118. The number of ether oxygens (including phenoxy) is 1. The molecule has 1 fully saturated rings. The molecule has 1 saturated heterocycles. The van der Waals surface area contributed by atoms with Gasteiger partial charge in [0.1, 0.15) is 0 Å². The van der Waals surface area contributed by atoms with E-state index >= 15 is 0 Å². The van der Waals surface area contributed by atoms with Crippen LogP contribution < -0.4 is 10.2 Å². The smallest absolute Gasteiger partial charge is 0.242 e. The van der Waals surface area contributed by atoms with Crippen molar-refractivity contribution in [2.45, 2.75) is 27.3 Å². The minimum Gasteiger partial charge on any atom is -0.378 e. The van der Waals surface area contributed by atoms with E-state index in [0.29, 0.717) is 13.1 Å². The minimum absolute atomic E-state index is 0.118. The number of benzene rings is 1. The molecule has 156 valence electrons. The number of carbonyl (C=O) groups excluding carboxylic acids is 1. The Morgan fingerprint density at radius 3 is 2.36 bits per heavy atom. The molecule has 1 aliphatic rings. The number of amides is 1. The third kappa shape index (κ3) is 6.41. The van der Waals surface area contributed by atoms with Gasteiger partial charge in [0.05, 0.1) is 26.3 Å². The number of morpholine rings is 1. The summed E-state index contributed by atoms with van der Waals surface area (Å²) in [4.78, 5) is 23.2. The van der Waals surface area contributed by atoms with Gasteiger partial charge in [-0.1, -0.05) is 12.1 Å². The number of nitrogens with one attached hydrogen (secondary N) is 1. The Balaban J connectivity index is 1.98. The van der Waals surface area contributed by atoms with Gasteiger partial charge in [-0.2, -0.15) is 0 Å². The van der Waals surface area contributed by atoms with Crippen LogP contribution in [0, 0.1) is 0 Å². The number of anilines is 1. The Morgan fingerprint density at radius 2 is 1.79 bits per heavy atom. The number of aliphatic imine (C=N–C) groups is 1. The molecule has 0 unspecified atom stereocenters. The fraction of sp³-hybridized carbons (Fsp3) is 0.619. The normalized spacial score (nSPS) is 14.7. The molecule has 1 amide bonds. The van der Waals surface area contributed by atoms with Crippen LogP contribution in [0.4, 0.5) is 5.69 Å². The van der Waals surface area contributed by atoms with Gasteiger partial charge >= 0.3 is 0 Å². The van der Waals surface area contributed by atoms with Crippen molar-refractivity contribution in [1.29, 1.82) is 0 Å². The van der Waals surface area contributed by atoms with Crippen LogP contribution >= 0.6 is 0 Å². The van der Waals surface area contributed by atoms with Gasteiger partial charge in [0.25, 0.3) is 0 Å². The van der Waals surface area contributed by atoms with Crippen LogP contribution in [-0.4, -0.2) is 81.2 Å². The number of rotatable bonds is 8. The van der Waals surface area contributed by atoms with Gasteiger partial charge in [0.2, 0.25) is 5.91 Å². The van der Waals surface area contributed by atoms with Crippen molar-refractivity contribution in [1.82, 2.24) is 15.1 Å². The molecule has 2 rings (SSSR count). The van der Waals surface area contributed by atoms with E-state index in [1.807, 2.05) is 37.6 Å². The average molecular weight is 390 g/mol. The predicted octanol–water partition coefficient (Wildman–Crippen LogP) is 1.79. The highest BCUT2D eigenvalue weighted by atomic mass is 16.5. The van der Waals surface area contributed by atoms with Crippen LogP contribution in [0.1, 0.15) is 26.3 Å². The highest BCUT2D eigenvalue weighted by molar-refractivity contribution is 5.86. The zero-order valence-electron chi connectivity index (χ0n) is 17.8. The molecule has 0 bridgehead atoms. The lowest BCUT2D eigenvalue weighted by Crippen LogP contribution is -2.45. The van der Waals surface area contributed by atoms with Gasteiger partial charge in [-0.3, -0.25) is 4.79 Å². The first kappa shape index (κ1) is 22.0. The lowest BCUT2D eigenvalue weighted by atomic mass is 10.2. The molecule has 0 saturated carbocycles. The highest BCUT2D eigenvalue weighted by Crippen LogP contribution is 2.17. The summed E-state index contributed by atoms with van der Waals surface area (Å²) in [6.07, 6.45) is 0. The maximum Gasteiger partial charge on any atom is 0.242 e. The Kier molecular flexibility index (Phi) is 9.07. The van der Waals surface area contributed by atoms with E-state index in [1.54, 1.807) is 0 Å². The summed E-state index contributed by atoms with van der Waals surface area (Å²) in [5, 5.41) is 3.28. The van der Waals surface area contributed by atoms with E-state index in [2.05, 4.69) is 34.5 Å². The lowest BCUT2D eigenvalue weighted by Gasteiger charge is -2.28. The van der Waals surface area contributed by atoms with E-state index in [4.69, 9.17) is 9.73 Å². The summed E-state index contributed by atoms with van der Waals surface area (Å²) in [7, 11) is 1.91. The third-order valence-corrected chi connectivity index (χ3v) is 4.91. The van der Waals surface area contributed by atoms with Crippen molar-refractivity contribution in [3.05, 3.63) is 29.8 Å². The molecule has 28 heavy (non-hydrogen) atoms. The van der Waals surface area contributed by atoms with Crippen LogP contribution in [0.25, 0.3) is 0 Å². The van der Waals surface area contributed by atoms with Gasteiger partial charge in [-0.15, -0.1) is 0 Å². The molecule has 0 atom stereocenters. The summed E-state index contributed by atoms with van der Waals surface area (Å²) >= 11 is 0. The quantitative estimate of drug-likeness (QED) is 0.543. The van der Waals surface area contributed by atoms with Crippen molar-refractivity contribution in [3.63, 3.8) is 0 Å². The first-order valence-corrected chi connectivity index (χ1v) is 10.3. The van der Waals surface area contributed by atoms with E-state index in [-0.39, 0.29) is 5.91 Å². The molecule has 1 aromatic carbocycles. The molecule has 1 aromatic rings. The topological polar surface area (TPSA) is 60.4 Å². The Labute approximate surface area is 169 Å². The number of carbonyl (C=O) groups is 1. The molecule has 0 aromatic heterocycles. The summed E-state index contributed by atoms with van der Waals surface area (Å²) in [6.45, 7) is 12.6. The van der Waals surface area contributed by atoms with Gasteiger partial charge in [0.15, 0.2) is 5.96 Å². The predicted molar refractivity (Wildman–Crippen MR) is 115 cm³/mol. The Morgan fingerprint density at radius 1 is 1.14 bits per heavy atom. The standard InChI is InChI=1S/C21H35N5O2/c1-5-22-21(24(4)17-20(27)25(6-2)7-3)23-16-18-8-10-19(11-9-18)26-12-14-28-15-13-26/h8-11H,5-7,12-17H2,1-4H3,(H,22,23). The van der Waals surface area contributed by atoms with Crippen LogP contribution in [-0.2, 0) is 16.1 Å². The van der Waals surface area contributed by atoms with Gasteiger partial charge in [0, 0.05) is 45.5 Å².